The second-order valence-electron chi connectivity index (χ2n) is 8.04. The smallest absolute Gasteiger partial charge is 0.238 e. The van der Waals surface area contributed by atoms with Crippen molar-refractivity contribution in [3.8, 4) is 22.6 Å². The molecule has 35 heavy (non-hydrogen) atoms. The zero-order valence-electron chi connectivity index (χ0n) is 19.2. The molecule has 0 spiro atoms. The summed E-state index contributed by atoms with van der Waals surface area (Å²) in [7, 11) is 0. The van der Waals surface area contributed by atoms with Crippen molar-refractivity contribution in [1.29, 1.82) is 0 Å². The van der Waals surface area contributed by atoms with E-state index < -0.39 is 0 Å². The fourth-order valence-corrected chi connectivity index (χ4v) is 4.00. The van der Waals surface area contributed by atoms with Crippen molar-refractivity contribution < 1.29 is 9.53 Å². The third-order valence-electron chi connectivity index (χ3n) is 5.70. The minimum absolute atomic E-state index is 0.110. The zero-order valence-corrected chi connectivity index (χ0v) is 19.2. The second-order valence-corrected chi connectivity index (χ2v) is 8.04. The first-order valence-corrected chi connectivity index (χ1v) is 11.2. The lowest BCUT2D eigenvalue weighted by Gasteiger charge is -2.23. The third kappa shape index (κ3) is 4.67. The van der Waals surface area contributed by atoms with E-state index in [9.17, 15) is 4.79 Å². The lowest BCUT2D eigenvalue weighted by Crippen LogP contribution is -2.40. The van der Waals surface area contributed by atoms with E-state index in [1.807, 2.05) is 72.9 Å². The number of carbonyl (C=O) groups is 1. The molecular formula is C27H24N6O2. The van der Waals surface area contributed by atoms with Gasteiger partial charge in [-0.2, -0.15) is 0 Å². The number of nitrogens with two attached hydrogens (primary N) is 1. The summed E-state index contributed by atoms with van der Waals surface area (Å²) in [4.78, 5) is 25.5. The lowest BCUT2D eigenvalue weighted by atomic mass is 10.1. The Kier molecular flexibility index (Phi) is 6.09. The number of fused-ring (bicyclic) bond motifs is 1. The van der Waals surface area contributed by atoms with Crippen molar-refractivity contribution in [3.05, 3.63) is 97.2 Å². The Balaban J connectivity index is 1.50. The van der Waals surface area contributed by atoms with Crippen LogP contribution in [-0.4, -0.2) is 32.1 Å². The first-order chi connectivity index (χ1) is 17.1. The van der Waals surface area contributed by atoms with Gasteiger partial charge in [0.25, 0.3) is 0 Å². The Hall–Kier alpha value is -4.72. The van der Waals surface area contributed by atoms with Crippen LogP contribution in [0.3, 0.4) is 0 Å². The molecule has 2 N–H and O–H groups in total. The van der Waals surface area contributed by atoms with E-state index in [4.69, 9.17) is 10.5 Å². The SMILES string of the molecule is CC(=O)N(CCc1cccnc1)n1cc(-c2ccc(Oc3ccccc3)cc2)c2c(N)ncnc21. The quantitative estimate of drug-likeness (QED) is 0.378. The second kappa shape index (κ2) is 9.64. The van der Waals surface area contributed by atoms with Gasteiger partial charge in [-0.1, -0.05) is 36.4 Å². The minimum Gasteiger partial charge on any atom is -0.457 e. The molecule has 5 aromatic rings. The minimum atomic E-state index is -0.110. The molecular weight excluding hydrogens is 440 g/mol. The Bertz CT molecular complexity index is 1450. The molecule has 2 aromatic carbocycles. The molecule has 5 rings (SSSR count). The van der Waals surface area contributed by atoms with Gasteiger partial charge >= 0.3 is 0 Å². The van der Waals surface area contributed by atoms with Crippen molar-refractivity contribution in [1.82, 2.24) is 19.6 Å². The first kappa shape index (κ1) is 22.1. The van der Waals surface area contributed by atoms with E-state index in [1.165, 1.54) is 13.3 Å². The fraction of sp³-hybridized carbons (Fsp3) is 0.111. The number of benzene rings is 2. The molecule has 0 unspecified atom stereocenters. The van der Waals surface area contributed by atoms with E-state index in [-0.39, 0.29) is 5.91 Å². The summed E-state index contributed by atoms with van der Waals surface area (Å²) < 4.78 is 7.68. The average molecular weight is 465 g/mol. The standard InChI is InChI=1S/C27H24N6O2/c1-19(34)32(15-13-20-6-5-14-29-16-20)33-17-24(25-26(28)30-18-31-27(25)33)21-9-11-23(12-10-21)35-22-7-3-2-4-8-22/h2-12,14,16-18H,13,15H2,1H3,(H2,28,30,31). The number of nitrogen functional groups attached to an aromatic ring is 1. The number of anilines is 1. The Morgan fingerprint density at radius 2 is 1.77 bits per heavy atom. The van der Waals surface area contributed by atoms with Gasteiger partial charge < -0.3 is 10.5 Å². The van der Waals surface area contributed by atoms with E-state index in [2.05, 4.69) is 15.0 Å². The van der Waals surface area contributed by atoms with Gasteiger partial charge in [-0.15, -0.1) is 0 Å². The van der Waals surface area contributed by atoms with Crippen LogP contribution in [0.4, 0.5) is 5.82 Å². The highest BCUT2D eigenvalue weighted by atomic mass is 16.5. The first-order valence-electron chi connectivity index (χ1n) is 11.2. The maximum atomic E-state index is 12.7. The number of rotatable bonds is 7. The molecule has 0 bridgehead atoms. The lowest BCUT2D eigenvalue weighted by molar-refractivity contribution is -0.118. The maximum absolute atomic E-state index is 12.7. The molecule has 3 heterocycles. The van der Waals surface area contributed by atoms with E-state index in [0.717, 1.165) is 28.2 Å². The predicted octanol–water partition coefficient (Wildman–Crippen LogP) is 4.60. The van der Waals surface area contributed by atoms with Gasteiger partial charge in [-0.3, -0.25) is 9.78 Å². The molecule has 0 aliphatic rings. The molecule has 0 saturated heterocycles. The van der Waals surface area contributed by atoms with Crippen LogP contribution in [0.25, 0.3) is 22.2 Å². The Morgan fingerprint density at radius 3 is 2.49 bits per heavy atom. The van der Waals surface area contributed by atoms with Crippen LogP contribution in [0.1, 0.15) is 12.5 Å². The highest BCUT2D eigenvalue weighted by Gasteiger charge is 2.21. The molecule has 0 radical (unpaired) electrons. The highest BCUT2D eigenvalue weighted by Crippen LogP contribution is 2.34. The summed E-state index contributed by atoms with van der Waals surface area (Å²) in [6.07, 6.45) is 7.47. The third-order valence-corrected chi connectivity index (χ3v) is 5.70. The topological polar surface area (TPSA) is 99.2 Å². The largest absolute Gasteiger partial charge is 0.457 e. The van der Waals surface area contributed by atoms with Crippen molar-refractivity contribution in [2.45, 2.75) is 13.3 Å². The number of nitrogens with zero attached hydrogens (tertiary/aromatic N) is 5. The van der Waals surface area contributed by atoms with Crippen LogP contribution in [0.2, 0.25) is 0 Å². The average Bonchev–Trinajstić information content (AvgIpc) is 3.26. The van der Waals surface area contributed by atoms with Crippen molar-refractivity contribution in [3.63, 3.8) is 0 Å². The summed E-state index contributed by atoms with van der Waals surface area (Å²) in [5.41, 5.74) is 9.63. The van der Waals surface area contributed by atoms with Crippen molar-refractivity contribution >= 4 is 22.8 Å². The van der Waals surface area contributed by atoms with Gasteiger partial charge in [0.15, 0.2) is 5.65 Å². The molecule has 0 aliphatic heterocycles. The Morgan fingerprint density at radius 1 is 1.00 bits per heavy atom. The molecule has 0 saturated carbocycles. The van der Waals surface area contributed by atoms with Gasteiger partial charge in [0.1, 0.15) is 23.6 Å². The summed E-state index contributed by atoms with van der Waals surface area (Å²) in [6, 6.07) is 21.2. The van der Waals surface area contributed by atoms with Crippen LogP contribution in [-0.2, 0) is 11.2 Å². The number of hydrogen-bond acceptors (Lipinski definition) is 6. The normalized spacial score (nSPS) is 10.9. The maximum Gasteiger partial charge on any atom is 0.238 e. The summed E-state index contributed by atoms with van der Waals surface area (Å²) in [5, 5.41) is 2.34. The van der Waals surface area contributed by atoms with E-state index in [0.29, 0.717) is 29.8 Å². The fourth-order valence-electron chi connectivity index (χ4n) is 4.00. The molecule has 8 nitrogen and oxygen atoms in total. The molecule has 0 atom stereocenters. The number of carbonyl (C=O) groups excluding carboxylic acids is 1. The van der Waals surface area contributed by atoms with Gasteiger partial charge in [-0.25, -0.2) is 19.7 Å². The van der Waals surface area contributed by atoms with Crippen molar-refractivity contribution in [2.24, 2.45) is 0 Å². The van der Waals surface area contributed by atoms with Crippen molar-refractivity contribution in [2.75, 3.05) is 17.3 Å². The number of para-hydroxylation sites is 1. The number of aromatic nitrogens is 4. The van der Waals surface area contributed by atoms with E-state index >= 15 is 0 Å². The van der Waals surface area contributed by atoms with Crippen LogP contribution in [0.15, 0.2) is 91.6 Å². The molecule has 0 fully saturated rings. The van der Waals surface area contributed by atoms with Gasteiger partial charge in [-0.05, 0) is 47.9 Å². The number of hydrogen-bond donors (Lipinski definition) is 1. The molecule has 8 heteroatoms. The summed E-state index contributed by atoms with van der Waals surface area (Å²) in [5.74, 6) is 1.72. The summed E-state index contributed by atoms with van der Waals surface area (Å²) in [6.45, 7) is 1.99. The zero-order chi connectivity index (χ0) is 24.2. The van der Waals surface area contributed by atoms with Gasteiger partial charge in [0.05, 0.1) is 5.39 Å². The van der Waals surface area contributed by atoms with Gasteiger partial charge in [0, 0.05) is 37.6 Å². The van der Waals surface area contributed by atoms with Crippen LogP contribution >= 0.6 is 0 Å². The number of ether oxygens (including phenoxy) is 1. The highest BCUT2D eigenvalue weighted by molar-refractivity contribution is 6.01. The van der Waals surface area contributed by atoms with Crippen LogP contribution in [0.5, 0.6) is 11.5 Å². The molecule has 0 aliphatic carbocycles. The van der Waals surface area contributed by atoms with Crippen LogP contribution < -0.4 is 15.5 Å². The predicted molar refractivity (Wildman–Crippen MR) is 136 cm³/mol. The number of pyridine rings is 1. The monoisotopic (exact) mass is 464 g/mol. The Labute approximate surface area is 202 Å². The molecule has 3 aromatic heterocycles. The molecule has 1 amide bonds. The van der Waals surface area contributed by atoms with E-state index in [1.54, 1.807) is 22.1 Å². The molecule has 174 valence electrons. The van der Waals surface area contributed by atoms with Gasteiger partial charge in [0.2, 0.25) is 5.91 Å². The number of amides is 1. The van der Waals surface area contributed by atoms with Crippen LogP contribution in [0, 0.1) is 0 Å². The summed E-state index contributed by atoms with van der Waals surface area (Å²) >= 11 is 0.